The third kappa shape index (κ3) is 4.29. The molecule has 1 heterocycles. The zero-order chi connectivity index (χ0) is 17.6. The summed E-state index contributed by atoms with van der Waals surface area (Å²) in [5.41, 5.74) is 7.79. The number of anilines is 2. The minimum Gasteiger partial charge on any atom is -0.497 e. The molecule has 0 amide bonds. The summed E-state index contributed by atoms with van der Waals surface area (Å²) in [4.78, 5) is 2.35. The summed E-state index contributed by atoms with van der Waals surface area (Å²) in [7, 11) is 1.66. The highest BCUT2D eigenvalue weighted by molar-refractivity contribution is 5.66. The highest BCUT2D eigenvalue weighted by atomic mass is 16.5. The highest BCUT2D eigenvalue weighted by Gasteiger charge is 2.24. The predicted octanol–water partition coefficient (Wildman–Crippen LogP) is 3.72. The van der Waals surface area contributed by atoms with Gasteiger partial charge >= 0.3 is 0 Å². The van der Waals surface area contributed by atoms with Crippen LogP contribution in [-0.4, -0.2) is 32.9 Å². The van der Waals surface area contributed by atoms with Crippen molar-refractivity contribution in [3.63, 3.8) is 0 Å². The molecule has 0 bridgehead atoms. The lowest BCUT2D eigenvalue weighted by Crippen LogP contribution is -2.40. The van der Waals surface area contributed by atoms with Gasteiger partial charge in [-0.3, -0.25) is 0 Å². The Hall–Kier alpha value is -2.56. The number of nitrogen functional groups attached to an aromatic ring is 1. The van der Waals surface area contributed by atoms with Crippen LogP contribution in [0.2, 0.25) is 0 Å². The molecule has 2 aromatic carbocycles. The minimum absolute atomic E-state index is 0.221. The summed E-state index contributed by atoms with van der Waals surface area (Å²) in [5.74, 6) is 2.61. The molecule has 5 heteroatoms. The van der Waals surface area contributed by atoms with Gasteiger partial charge in [-0.2, -0.15) is 0 Å². The molecule has 25 heavy (non-hydrogen) atoms. The highest BCUT2D eigenvalue weighted by Crippen LogP contribution is 2.35. The van der Waals surface area contributed by atoms with E-state index in [1.54, 1.807) is 7.11 Å². The Balaban J connectivity index is 1.56. The summed E-state index contributed by atoms with van der Waals surface area (Å²) >= 11 is 0. The van der Waals surface area contributed by atoms with E-state index in [2.05, 4.69) is 11.8 Å². The Morgan fingerprint density at radius 3 is 2.64 bits per heavy atom. The van der Waals surface area contributed by atoms with Gasteiger partial charge in [0.25, 0.3) is 0 Å². The van der Waals surface area contributed by atoms with E-state index in [4.69, 9.17) is 19.9 Å². The molecular formula is C20H26N2O3. The van der Waals surface area contributed by atoms with Crippen LogP contribution in [0.4, 0.5) is 11.4 Å². The molecule has 0 radical (unpaired) electrons. The van der Waals surface area contributed by atoms with Crippen LogP contribution in [0, 0.1) is 0 Å². The van der Waals surface area contributed by atoms with Crippen molar-refractivity contribution in [3.8, 4) is 17.2 Å². The van der Waals surface area contributed by atoms with Crippen molar-refractivity contribution in [2.45, 2.75) is 25.9 Å². The smallest absolute Gasteiger partial charge is 0.143 e. The third-order valence-electron chi connectivity index (χ3n) is 4.40. The molecule has 0 aromatic heterocycles. The lowest BCUT2D eigenvalue weighted by Gasteiger charge is -2.36. The van der Waals surface area contributed by atoms with Crippen molar-refractivity contribution in [1.29, 1.82) is 0 Å². The second-order valence-corrected chi connectivity index (χ2v) is 6.20. The molecule has 2 aromatic rings. The molecule has 1 aliphatic heterocycles. The van der Waals surface area contributed by atoms with Crippen LogP contribution >= 0.6 is 0 Å². The van der Waals surface area contributed by atoms with Crippen LogP contribution in [0.1, 0.15) is 19.8 Å². The van der Waals surface area contributed by atoms with Crippen molar-refractivity contribution in [2.75, 3.05) is 37.4 Å². The minimum atomic E-state index is 0.221. The van der Waals surface area contributed by atoms with Gasteiger partial charge in [-0.1, -0.05) is 6.92 Å². The molecular weight excluding hydrogens is 316 g/mol. The van der Waals surface area contributed by atoms with E-state index >= 15 is 0 Å². The first-order chi connectivity index (χ1) is 12.2. The van der Waals surface area contributed by atoms with Crippen molar-refractivity contribution in [3.05, 3.63) is 42.5 Å². The second kappa shape index (κ2) is 8.01. The molecule has 1 atom stereocenters. The van der Waals surface area contributed by atoms with Gasteiger partial charge < -0.3 is 24.8 Å². The van der Waals surface area contributed by atoms with Gasteiger partial charge in [0, 0.05) is 12.2 Å². The number of fused-ring (bicyclic) bond motifs is 1. The average molecular weight is 342 g/mol. The summed E-state index contributed by atoms with van der Waals surface area (Å²) in [6.45, 7) is 4.61. The van der Waals surface area contributed by atoms with Crippen molar-refractivity contribution in [1.82, 2.24) is 0 Å². The first-order valence-corrected chi connectivity index (χ1v) is 8.77. The topological polar surface area (TPSA) is 57.0 Å². The Kier molecular flexibility index (Phi) is 5.53. The lowest BCUT2D eigenvalue weighted by atomic mass is 10.1. The fraction of sp³-hybridized carbons (Fsp3) is 0.400. The molecule has 1 aliphatic rings. The predicted molar refractivity (Wildman–Crippen MR) is 101 cm³/mol. The van der Waals surface area contributed by atoms with Gasteiger partial charge in [-0.05, 0) is 55.3 Å². The first kappa shape index (κ1) is 17.3. The van der Waals surface area contributed by atoms with Gasteiger partial charge in [0.1, 0.15) is 23.4 Å². The fourth-order valence-corrected chi connectivity index (χ4v) is 2.98. The van der Waals surface area contributed by atoms with E-state index in [0.717, 1.165) is 54.6 Å². The van der Waals surface area contributed by atoms with Crippen LogP contribution in [0.15, 0.2) is 42.5 Å². The van der Waals surface area contributed by atoms with E-state index < -0.39 is 0 Å². The Labute approximate surface area is 149 Å². The van der Waals surface area contributed by atoms with E-state index in [1.807, 2.05) is 42.5 Å². The lowest BCUT2D eigenvalue weighted by molar-refractivity contribution is 0.188. The summed E-state index contributed by atoms with van der Waals surface area (Å²) in [6.07, 6.45) is 2.14. The second-order valence-electron chi connectivity index (χ2n) is 6.20. The third-order valence-corrected chi connectivity index (χ3v) is 4.40. The molecule has 3 rings (SSSR count). The molecule has 5 nitrogen and oxygen atoms in total. The van der Waals surface area contributed by atoms with E-state index in [-0.39, 0.29) is 6.10 Å². The maximum Gasteiger partial charge on any atom is 0.143 e. The quantitative estimate of drug-likeness (QED) is 0.614. The molecule has 0 saturated carbocycles. The van der Waals surface area contributed by atoms with Gasteiger partial charge in [0.2, 0.25) is 0 Å². The standard InChI is InChI=1S/C20H26N2O3/c1-3-16-14-22(19-13-15(21)5-10-20(19)25-16)11-4-12-24-18-8-6-17(23-2)7-9-18/h5-10,13,16H,3-4,11-12,14,21H2,1-2H3. The van der Waals surface area contributed by atoms with Crippen LogP contribution in [-0.2, 0) is 0 Å². The number of nitrogens with two attached hydrogens (primary N) is 1. The zero-order valence-electron chi connectivity index (χ0n) is 14.9. The Bertz CT molecular complexity index is 688. The molecule has 134 valence electrons. The fourth-order valence-electron chi connectivity index (χ4n) is 2.98. The largest absolute Gasteiger partial charge is 0.497 e. The molecule has 2 N–H and O–H groups in total. The number of hydrogen-bond donors (Lipinski definition) is 1. The molecule has 0 saturated heterocycles. The molecule has 0 spiro atoms. The van der Waals surface area contributed by atoms with E-state index in [0.29, 0.717) is 6.61 Å². The Morgan fingerprint density at radius 1 is 1.16 bits per heavy atom. The number of rotatable bonds is 7. The first-order valence-electron chi connectivity index (χ1n) is 8.77. The molecule has 1 unspecified atom stereocenters. The SMILES string of the molecule is CCC1CN(CCCOc2ccc(OC)cc2)c2cc(N)ccc2O1. The summed E-state index contributed by atoms with van der Waals surface area (Å²) < 4.78 is 17.0. The number of methoxy groups -OCH3 is 1. The van der Waals surface area contributed by atoms with Gasteiger partial charge in [-0.25, -0.2) is 0 Å². The number of nitrogens with zero attached hydrogens (tertiary/aromatic N) is 1. The normalized spacial score (nSPS) is 16.1. The Morgan fingerprint density at radius 2 is 1.92 bits per heavy atom. The van der Waals surface area contributed by atoms with Crippen LogP contribution < -0.4 is 24.8 Å². The molecule has 0 fully saturated rings. The monoisotopic (exact) mass is 342 g/mol. The van der Waals surface area contributed by atoms with Crippen LogP contribution in [0.5, 0.6) is 17.2 Å². The maximum atomic E-state index is 6.02. The number of hydrogen-bond acceptors (Lipinski definition) is 5. The average Bonchev–Trinajstić information content (AvgIpc) is 2.65. The van der Waals surface area contributed by atoms with E-state index in [9.17, 15) is 0 Å². The van der Waals surface area contributed by atoms with Crippen molar-refractivity contribution in [2.24, 2.45) is 0 Å². The summed E-state index contributed by atoms with van der Waals surface area (Å²) in [6, 6.07) is 13.5. The van der Waals surface area contributed by atoms with Gasteiger partial charge in [-0.15, -0.1) is 0 Å². The maximum absolute atomic E-state index is 6.02. The van der Waals surface area contributed by atoms with E-state index in [1.165, 1.54) is 0 Å². The number of benzene rings is 2. The van der Waals surface area contributed by atoms with Crippen LogP contribution in [0.25, 0.3) is 0 Å². The van der Waals surface area contributed by atoms with Crippen molar-refractivity contribution < 1.29 is 14.2 Å². The summed E-state index contributed by atoms with van der Waals surface area (Å²) in [5, 5.41) is 0. The zero-order valence-corrected chi connectivity index (χ0v) is 14.9. The molecule has 0 aliphatic carbocycles. The van der Waals surface area contributed by atoms with Gasteiger partial charge in [0.15, 0.2) is 0 Å². The number of ether oxygens (including phenoxy) is 3. The van der Waals surface area contributed by atoms with Crippen molar-refractivity contribution >= 4 is 11.4 Å². The van der Waals surface area contributed by atoms with Gasteiger partial charge in [0.05, 0.1) is 25.9 Å². The van der Waals surface area contributed by atoms with Crippen LogP contribution in [0.3, 0.4) is 0 Å².